The van der Waals surface area contributed by atoms with E-state index in [1.54, 1.807) is 0 Å². The topological polar surface area (TPSA) is 46.2 Å². The number of hydrogen-bond acceptors (Lipinski definition) is 2. The number of aliphatic hydroxyl groups excluding tert-OH is 1. The van der Waals surface area contributed by atoms with Crippen molar-refractivity contribution in [2.45, 2.75) is 103 Å². The van der Waals surface area contributed by atoms with Gasteiger partial charge < -0.3 is 10.8 Å². The van der Waals surface area contributed by atoms with Gasteiger partial charge in [0.2, 0.25) is 0 Å². The predicted octanol–water partition coefficient (Wildman–Crippen LogP) is 4.79. The molecule has 1 unspecified atom stereocenters. The Morgan fingerprint density at radius 1 is 0.737 bits per heavy atom. The summed E-state index contributed by atoms with van der Waals surface area (Å²) in [5.74, 6) is 0. The lowest BCUT2D eigenvalue weighted by Crippen LogP contribution is -2.39. The Morgan fingerprint density at radius 2 is 1.11 bits per heavy atom. The van der Waals surface area contributed by atoms with Crippen molar-refractivity contribution in [3.63, 3.8) is 0 Å². The van der Waals surface area contributed by atoms with Crippen LogP contribution in [0.15, 0.2) is 0 Å². The summed E-state index contributed by atoms with van der Waals surface area (Å²) < 4.78 is 0. The van der Waals surface area contributed by atoms with Crippen LogP contribution in [0, 0.1) is 0 Å². The van der Waals surface area contributed by atoms with E-state index < -0.39 is 0 Å². The molecule has 0 aromatic rings. The molecule has 0 aliphatic carbocycles. The highest BCUT2D eigenvalue weighted by Crippen LogP contribution is 2.15. The minimum atomic E-state index is -0.363. The summed E-state index contributed by atoms with van der Waals surface area (Å²) in [7, 11) is 0. The van der Waals surface area contributed by atoms with Gasteiger partial charge in [-0.1, -0.05) is 84.0 Å². The fourth-order valence-corrected chi connectivity index (χ4v) is 2.45. The van der Waals surface area contributed by atoms with Crippen LogP contribution in [0.3, 0.4) is 0 Å². The first-order chi connectivity index (χ1) is 9.12. The van der Waals surface area contributed by atoms with E-state index >= 15 is 0 Å². The lowest BCUT2D eigenvalue weighted by Gasteiger charge is -2.21. The highest BCUT2D eigenvalue weighted by molar-refractivity contribution is 4.76. The molecule has 0 aliphatic heterocycles. The Kier molecular flexibility index (Phi) is 12.9. The summed E-state index contributed by atoms with van der Waals surface area (Å²) >= 11 is 0. The first kappa shape index (κ1) is 18.9. The number of aliphatic hydroxyl groups is 1. The third kappa shape index (κ3) is 14.1. The van der Waals surface area contributed by atoms with Gasteiger partial charge in [0.1, 0.15) is 0 Å². The molecule has 0 aromatic carbocycles. The fraction of sp³-hybridized carbons (Fsp3) is 1.00. The van der Waals surface area contributed by atoms with Crippen molar-refractivity contribution in [3.8, 4) is 0 Å². The maximum absolute atomic E-state index is 9.05. The van der Waals surface area contributed by atoms with E-state index in [-0.39, 0.29) is 12.1 Å². The van der Waals surface area contributed by atoms with Crippen LogP contribution in [-0.4, -0.2) is 17.3 Å². The first-order valence-electron chi connectivity index (χ1n) is 8.52. The van der Waals surface area contributed by atoms with E-state index in [0.29, 0.717) is 0 Å². The largest absolute Gasteiger partial charge is 0.394 e. The van der Waals surface area contributed by atoms with E-state index in [4.69, 9.17) is 10.8 Å². The maximum atomic E-state index is 9.05. The molecule has 0 radical (unpaired) electrons. The third-order valence-electron chi connectivity index (χ3n) is 3.96. The molecule has 0 amide bonds. The molecule has 0 rings (SSSR count). The van der Waals surface area contributed by atoms with Crippen molar-refractivity contribution in [1.82, 2.24) is 0 Å². The minimum Gasteiger partial charge on any atom is -0.394 e. The quantitative estimate of drug-likeness (QED) is 0.446. The molecule has 0 saturated carbocycles. The van der Waals surface area contributed by atoms with Gasteiger partial charge in [-0.25, -0.2) is 0 Å². The molecule has 0 aromatic heterocycles. The van der Waals surface area contributed by atoms with Crippen LogP contribution >= 0.6 is 0 Å². The molecule has 2 heteroatoms. The van der Waals surface area contributed by atoms with E-state index in [9.17, 15) is 0 Å². The Hall–Kier alpha value is -0.0800. The second kappa shape index (κ2) is 12.9. The molecular formula is C17H37NO. The second-order valence-electron chi connectivity index (χ2n) is 6.45. The van der Waals surface area contributed by atoms with E-state index in [1.807, 2.05) is 6.92 Å². The molecule has 1 atom stereocenters. The molecule has 3 N–H and O–H groups in total. The molecular weight excluding hydrogens is 234 g/mol. The Labute approximate surface area is 121 Å². The Balaban J connectivity index is 3.07. The van der Waals surface area contributed by atoms with Gasteiger partial charge in [0.15, 0.2) is 0 Å². The maximum Gasteiger partial charge on any atom is 0.0608 e. The van der Waals surface area contributed by atoms with Crippen molar-refractivity contribution in [3.05, 3.63) is 0 Å². The number of rotatable bonds is 14. The summed E-state index contributed by atoms with van der Waals surface area (Å²) in [6.45, 7) is 4.31. The molecule has 0 fully saturated rings. The average molecular weight is 271 g/mol. The van der Waals surface area contributed by atoms with Gasteiger partial charge in [-0.15, -0.1) is 0 Å². The summed E-state index contributed by atoms with van der Waals surface area (Å²) in [6.07, 6.45) is 17.4. The lowest BCUT2D eigenvalue weighted by molar-refractivity contribution is 0.197. The van der Waals surface area contributed by atoms with Crippen molar-refractivity contribution < 1.29 is 5.11 Å². The van der Waals surface area contributed by atoms with Gasteiger partial charge in [0.25, 0.3) is 0 Å². The third-order valence-corrected chi connectivity index (χ3v) is 3.96. The van der Waals surface area contributed by atoms with Gasteiger partial charge in [-0.3, -0.25) is 0 Å². The Morgan fingerprint density at radius 3 is 1.47 bits per heavy atom. The van der Waals surface area contributed by atoms with Crippen LogP contribution in [0.2, 0.25) is 0 Å². The standard InChI is InChI=1S/C17H37NO/c1-3-4-5-6-7-8-9-10-11-12-13-14-15-17(2,18)16-19/h19H,3-16,18H2,1-2H3. The summed E-state index contributed by atoms with van der Waals surface area (Å²) in [5, 5.41) is 9.05. The molecule has 0 heterocycles. The van der Waals surface area contributed by atoms with Gasteiger partial charge in [0, 0.05) is 5.54 Å². The van der Waals surface area contributed by atoms with Crippen molar-refractivity contribution in [1.29, 1.82) is 0 Å². The predicted molar refractivity (Wildman–Crippen MR) is 85.4 cm³/mol. The fourth-order valence-electron chi connectivity index (χ4n) is 2.45. The van der Waals surface area contributed by atoms with Gasteiger partial charge in [0.05, 0.1) is 6.61 Å². The zero-order valence-corrected chi connectivity index (χ0v) is 13.4. The van der Waals surface area contributed by atoms with Crippen LogP contribution in [0.5, 0.6) is 0 Å². The number of unbranched alkanes of at least 4 members (excludes halogenated alkanes) is 11. The van der Waals surface area contributed by atoms with Gasteiger partial charge >= 0.3 is 0 Å². The van der Waals surface area contributed by atoms with Crippen molar-refractivity contribution >= 4 is 0 Å². The molecule has 0 spiro atoms. The molecule has 19 heavy (non-hydrogen) atoms. The number of nitrogens with two attached hydrogens (primary N) is 1. The highest BCUT2D eigenvalue weighted by Gasteiger charge is 2.15. The zero-order chi connectivity index (χ0) is 14.4. The smallest absolute Gasteiger partial charge is 0.0608 e. The van der Waals surface area contributed by atoms with Crippen LogP contribution in [-0.2, 0) is 0 Å². The van der Waals surface area contributed by atoms with Gasteiger partial charge in [-0.2, -0.15) is 0 Å². The first-order valence-corrected chi connectivity index (χ1v) is 8.52. The van der Waals surface area contributed by atoms with Gasteiger partial charge in [-0.05, 0) is 13.3 Å². The summed E-state index contributed by atoms with van der Waals surface area (Å²) in [4.78, 5) is 0. The molecule has 2 nitrogen and oxygen atoms in total. The van der Waals surface area contributed by atoms with Crippen LogP contribution in [0.1, 0.15) is 97.3 Å². The number of hydrogen-bond donors (Lipinski definition) is 2. The summed E-state index contributed by atoms with van der Waals surface area (Å²) in [6, 6.07) is 0. The van der Waals surface area contributed by atoms with E-state index in [0.717, 1.165) is 12.8 Å². The molecule has 0 saturated heterocycles. The SMILES string of the molecule is CCCCCCCCCCCCCCC(C)(N)CO. The molecule has 0 bridgehead atoms. The highest BCUT2D eigenvalue weighted by atomic mass is 16.3. The monoisotopic (exact) mass is 271 g/mol. The molecule has 116 valence electrons. The minimum absolute atomic E-state index is 0.102. The van der Waals surface area contributed by atoms with Crippen molar-refractivity contribution in [2.75, 3.05) is 6.61 Å². The average Bonchev–Trinajstić information content (AvgIpc) is 2.40. The zero-order valence-electron chi connectivity index (χ0n) is 13.4. The second-order valence-corrected chi connectivity index (χ2v) is 6.45. The van der Waals surface area contributed by atoms with Crippen molar-refractivity contribution in [2.24, 2.45) is 5.73 Å². The van der Waals surface area contributed by atoms with Crippen LogP contribution < -0.4 is 5.73 Å². The summed E-state index contributed by atoms with van der Waals surface area (Å²) in [5.41, 5.74) is 5.53. The van der Waals surface area contributed by atoms with E-state index in [1.165, 1.54) is 70.6 Å². The molecule has 0 aliphatic rings. The normalized spacial score (nSPS) is 14.5. The van der Waals surface area contributed by atoms with E-state index in [2.05, 4.69) is 6.92 Å². The Bertz CT molecular complexity index is 180. The van der Waals surface area contributed by atoms with Crippen LogP contribution in [0.25, 0.3) is 0 Å². The lowest BCUT2D eigenvalue weighted by atomic mass is 9.96. The van der Waals surface area contributed by atoms with Crippen LogP contribution in [0.4, 0.5) is 0 Å².